The van der Waals surface area contributed by atoms with Gasteiger partial charge in [0.2, 0.25) is 5.91 Å². The summed E-state index contributed by atoms with van der Waals surface area (Å²) in [5, 5.41) is 11.1. The lowest BCUT2D eigenvalue weighted by Gasteiger charge is -2.28. The molecule has 0 aromatic heterocycles. The van der Waals surface area contributed by atoms with Gasteiger partial charge < -0.3 is 0 Å². The smallest absolute Gasteiger partial charge is 0.274 e. The van der Waals surface area contributed by atoms with Gasteiger partial charge in [0.15, 0.2) is 0 Å². The molecule has 0 bridgehead atoms. The van der Waals surface area contributed by atoms with Crippen molar-refractivity contribution < 1.29 is 14.5 Å². The van der Waals surface area contributed by atoms with E-state index >= 15 is 0 Å². The lowest BCUT2D eigenvalue weighted by Crippen LogP contribution is -2.42. The van der Waals surface area contributed by atoms with Crippen LogP contribution in [0.25, 0.3) is 0 Å². The van der Waals surface area contributed by atoms with Gasteiger partial charge in [-0.2, -0.15) is 0 Å². The number of hydrogen-bond donors (Lipinski definition) is 0. The first kappa shape index (κ1) is 14.9. The Bertz CT molecular complexity index is 858. The summed E-state index contributed by atoms with van der Waals surface area (Å²) in [5.41, 5.74) is 2.44. The highest BCUT2D eigenvalue weighted by molar-refractivity contribution is 6.25. The minimum atomic E-state index is -0.509. The van der Waals surface area contributed by atoms with E-state index in [9.17, 15) is 19.7 Å². The van der Waals surface area contributed by atoms with Crippen molar-refractivity contribution in [2.45, 2.75) is 20.3 Å². The Morgan fingerprint density at radius 2 is 1.78 bits per heavy atom. The first-order valence-corrected chi connectivity index (χ1v) is 7.11. The summed E-state index contributed by atoms with van der Waals surface area (Å²) in [4.78, 5) is 36.8. The zero-order chi connectivity index (χ0) is 16.7. The molecule has 2 aromatic rings. The quantitative estimate of drug-likeness (QED) is 0.485. The van der Waals surface area contributed by atoms with Gasteiger partial charge in [-0.1, -0.05) is 18.2 Å². The predicted molar refractivity (Wildman–Crippen MR) is 84.5 cm³/mol. The SMILES string of the molecule is Cc1cc(C)c([N+](=O)[O-])cc1N1C(=O)Cc2ccccc2C1=O. The van der Waals surface area contributed by atoms with Crippen molar-refractivity contribution in [3.63, 3.8) is 0 Å². The van der Waals surface area contributed by atoms with Gasteiger partial charge >= 0.3 is 0 Å². The molecule has 3 rings (SSSR count). The Kier molecular flexibility index (Phi) is 3.44. The summed E-state index contributed by atoms with van der Waals surface area (Å²) >= 11 is 0. The van der Waals surface area contributed by atoms with Crippen molar-refractivity contribution in [2.24, 2.45) is 0 Å². The second kappa shape index (κ2) is 5.31. The van der Waals surface area contributed by atoms with E-state index in [1.54, 1.807) is 44.2 Å². The van der Waals surface area contributed by atoms with Crippen LogP contribution in [0.3, 0.4) is 0 Å². The maximum atomic E-state index is 12.7. The summed E-state index contributed by atoms with van der Waals surface area (Å²) in [6, 6.07) is 9.83. The molecule has 1 aliphatic rings. The second-order valence-electron chi connectivity index (χ2n) is 5.55. The molecule has 0 radical (unpaired) electrons. The van der Waals surface area contributed by atoms with Crippen molar-refractivity contribution in [3.8, 4) is 0 Å². The molecular formula is C17H14N2O4. The van der Waals surface area contributed by atoms with Crippen LogP contribution >= 0.6 is 0 Å². The van der Waals surface area contributed by atoms with Gasteiger partial charge in [-0.25, -0.2) is 4.90 Å². The number of carbonyl (C=O) groups is 2. The highest BCUT2D eigenvalue weighted by Gasteiger charge is 2.33. The Morgan fingerprint density at radius 1 is 1.09 bits per heavy atom. The van der Waals surface area contributed by atoms with Gasteiger partial charge in [-0.05, 0) is 37.1 Å². The van der Waals surface area contributed by atoms with Gasteiger partial charge in [0, 0.05) is 17.2 Å². The summed E-state index contributed by atoms with van der Waals surface area (Å²) in [7, 11) is 0. The standard InChI is InChI=1S/C17H14N2O4/c1-10-7-11(2)15(19(22)23)9-14(10)18-16(20)8-12-5-3-4-6-13(12)17(18)21/h3-7,9H,8H2,1-2H3. The van der Waals surface area contributed by atoms with Gasteiger partial charge in [0.1, 0.15) is 0 Å². The van der Waals surface area contributed by atoms with E-state index in [0.717, 1.165) is 4.90 Å². The van der Waals surface area contributed by atoms with E-state index in [4.69, 9.17) is 0 Å². The summed E-state index contributed by atoms with van der Waals surface area (Å²) in [6.07, 6.45) is 0.100. The van der Waals surface area contributed by atoms with Crippen LogP contribution in [0.1, 0.15) is 27.0 Å². The number of hydrogen-bond acceptors (Lipinski definition) is 4. The normalized spacial score (nSPS) is 13.9. The fourth-order valence-corrected chi connectivity index (χ4v) is 2.87. The minimum Gasteiger partial charge on any atom is -0.274 e. The second-order valence-corrected chi connectivity index (χ2v) is 5.55. The summed E-state index contributed by atoms with van der Waals surface area (Å²) in [6.45, 7) is 3.36. The van der Waals surface area contributed by atoms with Crippen molar-refractivity contribution in [2.75, 3.05) is 4.90 Å². The predicted octanol–water partition coefficient (Wildman–Crippen LogP) is 2.94. The average Bonchev–Trinajstić information content (AvgIpc) is 2.49. The topological polar surface area (TPSA) is 80.5 Å². The summed E-state index contributed by atoms with van der Waals surface area (Å²) in [5.74, 6) is -0.826. The van der Waals surface area contributed by atoms with Gasteiger partial charge in [0.05, 0.1) is 17.0 Å². The van der Waals surface area contributed by atoms with Crippen molar-refractivity contribution in [1.82, 2.24) is 0 Å². The first-order valence-electron chi connectivity index (χ1n) is 7.11. The fraction of sp³-hybridized carbons (Fsp3) is 0.176. The maximum Gasteiger partial charge on any atom is 0.274 e. The van der Waals surface area contributed by atoms with E-state index in [1.807, 2.05) is 0 Å². The van der Waals surface area contributed by atoms with E-state index < -0.39 is 10.8 Å². The number of anilines is 1. The molecule has 0 atom stereocenters. The van der Waals surface area contributed by atoms with E-state index in [2.05, 4.69) is 0 Å². The molecule has 2 amide bonds. The average molecular weight is 310 g/mol. The van der Waals surface area contributed by atoms with Crippen LogP contribution in [0.15, 0.2) is 36.4 Å². The van der Waals surface area contributed by atoms with Gasteiger partial charge in [0.25, 0.3) is 11.6 Å². The fourth-order valence-electron chi connectivity index (χ4n) is 2.87. The van der Waals surface area contributed by atoms with E-state index in [1.165, 1.54) is 6.07 Å². The lowest BCUT2D eigenvalue weighted by molar-refractivity contribution is -0.385. The molecule has 116 valence electrons. The molecule has 0 saturated carbocycles. The molecule has 0 N–H and O–H groups in total. The minimum absolute atomic E-state index is 0.100. The highest BCUT2D eigenvalue weighted by atomic mass is 16.6. The number of imide groups is 1. The number of nitrogens with zero attached hydrogens (tertiary/aromatic N) is 2. The number of nitro groups is 1. The van der Waals surface area contributed by atoms with Crippen LogP contribution in [-0.4, -0.2) is 16.7 Å². The lowest BCUT2D eigenvalue weighted by atomic mass is 9.97. The van der Waals surface area contributed by atoms with E-state index in [-0.39, 0.29) is 23.7 Å². The molecular weight excluding hydrogens is 296 g/mol. The zero-order valence-corrected chi connectivity index (χ0v) is 12.7. The van der Waals surface area contributed by atoms with Crippen molar-refractivity contribution in [1.29, 1.82) is 0 Å². The number of carbonyl (C=O) groups excluding carboxylic acids is 2. The Morgan fingerprint density at radius 3 is 2.48 bits per heavy atom. The molecule has 6 nitrogen and oxygen atoms in total. The van der Waals surface area contributed by atoms with Crippen molar-refractivity contribution >= 4 is 23.2 Å². The third-order valence-corrected chi connectivity index (χ3v) is 3.99. The van der Waals surface area contributed by atoms with Crippen LogP contribution in [-0.2, 0) is 11.2 Å². The molecule has 0 aliphatic carbocycles. The van der Waals surface area contributed by atoms with Crippen LogP contribution in [0, 0.1) is 24.0 Å². The zero-order valence-electron chi connectivity index (χ0n) is 12.7. The number of rotatable bonds is 2. The van der Waals surface area contributed by atoms with Crippen LogP contribution < -0.4 is 4.90 Å². The van der Waals surface area contributed by atoms with Gasteiger partial charge in [-0.3, -0.25) is 19.7 Å². The molecule has 6 heteroatoms. The molecule has 1 heterocycles. The Labute approximate surface area is 132 Å². The molecule has 1 aliphatic heterocycles. The number of nitro benzene ring substituents is 1. The first-order chi connectivity index (χ1) is 10.9. The largest absolute Gasteiger partial charge is 0.274 e. The molecule has 0 unspecified atom stereocenters. The Balaban J connectivity index is 2.16. The van der Waals surface area contributed by atoms with Crippen molar-refractivity contribution in [3.05, 3.63) is 68.8 Å². The molecule has 23 heavy (non-hydrogen) atoms. The molecule has 2 aromatic carbocycles. The Hall–Kier alpha value is -3.02. The number of amides is 2. The monoisotopic (exact) mass is 310 g/mol. The van der Waals surface area contributed by atoms with Crippen LogP contribution in [0.5, 0.6) is 0 Å². The third kappa shape index (κ3) is 2.38. The number of aryl methyl sites for hydroxylation is 2. The van der Waals surface area contributed by atoms with Crippen LogP contribution in [0.2, 0.25) is 0 Å². The third-order valence-electron chi connectivity index (χ3n) is 3.99. The number of benzene rings is 2. The molecule has 0 spiro atoms. The number of fused-ring (bicyclic) bond motifs is 1. The van der Waals surface area contributed by atoms with Gasteiger partial charge in [-0.15, -0.1) is 0 Å². The van der Waals surface area contributed by atoms with Crippen LogP contribution in [0.4, 0.5) is 11.4 Å². The molecule has 0 saturated heterocycles. The highest BCUT2D eigenvalue weighted by Crippen LogP contribution is 2.32. The maximum absolute atomic E-state index is 12.7. The molecule has 0 fully saturated rings. The van der Waals surface area contributed by atoms with E-state index in [0.29, 0.717) is 22.3 Å². The summed E-state index contributed by atoms with van der Waals surface area (Å²) < 4.78 is 0.